The number of halogens is 4. The molecule has 2 amide bonds. The van der Waals surface area contributed by atoms with Crippen LogP contribution in [-0.2, 0) is 6.18 Å². The first-order chi connectivity index (χ1) is 17.1. The van der Waals surface area contributed by atoms with Gasteiger partial charge in [-0.3, -0.25) is 10.1 Å². The fourth-order valence-corrected chi connectivity index (χ4v) is 3.14. The number of carboxylic acid groups (broad SMARTS) is 1. The maximum Gasteiger partial charge on any atom is 0.434 e. The first-order valence-corrected chi connectivity index (χ1v) is 9.86. The number of aromatic nitrogens is 7. The molecule has 0 aromatic carbocycles. The second kappa shape index (κ2) is 9.31. The molecular formula is C19H10ClF3N10O3. The highest BCUT2D eigenvalue weighted by Crippen LogP contribution is 2.34. The predicted octanol–water partition coefficient (Wildman–Crippen LogP) is 3.13. The van der Waals surface area contributed by atoms with Gasteiger partial charge in [0.1, 0.15) is 11.6 Å². The molecule has 0 spiro atoms. The van der Waals surface area contributed by atoms with Crippen molar-refractivity contribution in [1.29, 1.82) is 5.26 Å². The number of nitrogens with zero attached hydrogens (tertiary/aromatic N) is 8. The molecule has 0 aliphatic heterocycles. The van der Waals surface area contributed by atoms with Gasteiger partial charge in [0.25, 0.3) is 5.91 Å². The summed E-state index contributed by atoms with van der Waals surface area (Å²) in [6.45, 7) is 0. The highest BCUT2D eigenvalue weighted by Gasteiger charge is 2.41. The number of amides is 2. The van der Waals surface area contributed by atoms with E-state index in [-0.39, 0.29) is 22.1 Å². The number of pyridine rings is 2. The molecule has 17 heteroatoms. The van der Waals surface area contributed by atoms with E-state index in [0.717, 1.165) is 23.1 Å². The van der Waals surface area contributed by atoms with Gasteiger partial charge in [-0.25, -0.2) is 19.4 Å². The highest BCUT2D eigenvalue weighted by molar-refractivity contribution is 6.33. The Bertz CT molecular complexity index is 1510. The highest BCUT2D eigenvalue weighted by atomic mass is 35.5. The molecule has 0 bridgehead atoms. The van der Waals surface area contributed by atoms with Crippen molar-refractivity contribution in [3.8, 4) is 17.7 Å². The minimum absolute atomic E-state index is 0.0453. The molecule has 13 nitrogen and oxygen atoms in total. The zero-order valence-electron chi connectivity index (χ0n) is 17.4. The third-order valence-electron chi connectivity index (χ3n) is 4.41. The van der Waals surface area contributed by atoms with E-state index in [9.17, 15) is 28.0 Å². The summed E-state index contributed by atoms with van der Waals surface area (Å²) in [6.07, 6.45) is -2.14. The Labute approximate surface area is 202 Å². The summed E-state index contributed by atoms with van der Waals surface area (Å²) < 4.78 is 42.2. The van der Waals surface area contributed by atoms with Crippen LogP contribution >= 0.6 is 11.6 Å². The third kappa shape index (κ3) is 4.76. The molecule has 36 heavy (non-hydrogen) atoms. The van der Waals surface area contributed by atoms with Crippen molar-refractivity contribution in [2.45, 2.75) is 6.18 Å². The van der Waals surface area contributed by atoms with Crippen molar-refractivity contribution in [3.05, 3.63) is 64.8 Å². The van der Waals surface area contributed by atoms with Gasteiger partial charge >= 0.3 is 12.3 Å². The number of hydrogen-bond acceptors (Lipinski definition) is 8. The average Bonchev–Trinajstić information content (AvgIpc) is 3.50. The third-order valence-corrected chi connectivity index (χ3v) is 4.71. The number of hydrogen-bond donors (Lipinski definition) is 3. The largest absolute Gasteiger partial charge is 0.465 e. The Morgan fingerprint density at radius 2 is 1.83 bits per heavy atom. The first-order valence-electron chi connectivity index (χ1n) is 9.48. The van der Waals surface area contributed by atoms with E-state index < -0.39 is 41.1 Å². The van der Waals surface area contributed by atoms with Crippen LogP contribution in [0.1, 0.15) is 21.6 Å². The van der Waals surface area contributed by atoms with Gasteiger partial charge in [0.05, 0.1) is 41.1 Å². The quantitative estimate of drug-likeness (QED) is 0.358. The first kappa shape index (κ1) is 24.1. The lowest BCUT2D eigenvalue weighted by molar-refractivity contribution is -0.143. The molecule has 0 unspecified atom stereocenters. The molecule has 4 aromatic rings. The second-order valence-corrected chi connectivity index (χ2v) is 7.13. The monoisotopic (exact) mass is 518 g/mol. The van der Waals surface area contributed by atoms with Crippen molar-refractivity contribution in [2.24, 2.45) is 0 Å². The zero-order chi connectivity index (χ0) is 26.0. The van der Waals surface area contributed by atoms with Crippen LogP contribution in [0.4, 0.5) is 29.5 Å². The summed E-state index contributed by atoms with van der Waals surface area (Å²) in [5, 5.41) is 33.5. The summed E-state index contributed by atoms with van der Waals surface area (Å²) in [5.74, 6) is -2.05. The number of rotatable bonds is 5. The van der Waals surface area contributed by atoms with Gasteiger partial charge < -0.3 is 10.4 Å². The van der Waals surface area contributed by atoms with Crippen LogP contribution in [0.15, 0.2) is 43.0 Å². The van der Waals surface area contributed by atoms with Crippen LogP contribution in [0.25, 0.3) is 11.6 Å². The summed E-state index contributed by atoms with van der Waals surface area (Å²) in [4.78, 5) is 32.5. The number of alkyl halides is 3. The number of nitriles is 1. The molecule has 182 valence electrons. The summed E-state index contributed by atoms with van der Waals surface area (Å²) in [7, 11) is 0. The van der Waals surface area contributed by atoms with Gasteiger partial charge in [0.2, 0.25) is 0 Å². The van der Waals surface area contributed by atoms with Crippen LogP contribution in [0.5, 0.6) is 0 Å². The zero-order valence-corrected chi connectivity index (χ0v) is 18.2. The minimum atomic E-state index is -5.07. The van der Waals surface area contributed by atoms with Crippen LogP contribution in [0, 0.1) is 11.3 Å². The normalized spacial score (nSPS) is 11.1. The Morgan fingerprint density at radius 3 is 2.47 bits per heavy atom. The molecule has 0 aliphatic carbocycles. The van der Waals surface area contributed by atoms with E-state index >= 15 is 0 Å². The van der Waals surface area contributed by atoms with Crippen molar-refractivity contribution in [2.75, 3.05) is 10.6 Å². The van der Waals surface area contributed by atoms with Gasteiger partial charge in [-0.2, -0.15) is 33.7 Å². The maximum absolute atomic E-state index is 14.0. The van der Waals surface area contributed by atoms with E-state index in [1.54, 1.807) is 0 Å². The lowest BCUT2D eigenvalue weighted by Gasteiger charge is -2.13. The van der Waals surface area contributed by atoms with Crippen LogP contribution in [-0.4, -0.2) is 51.8 Å². The number of carbonyl (C=O) groups excluding carboxylic acids is 1. The fourth-order valence-electron chi connectivity index (χ4n) is 2.99. The van der Waals surface area contributed by atoms with Gasteiger partial charge in [-0.05, 0) is 18.2 Å². The van der Waals surface area contributed by atoms with E-state index in [1.807, 2.05) is 11.4 Å². The van der Waals surface area contributed by atoms with E-state index in [4.69, 9.17) is 16.7 Å². The summed E-state index contributed by atoms with van der Waals surface area (Å²) >= 11 is 5.83. The molecule has 0 fully saturated rings. The van der Waals surface area contributed by atoms with E-state index in [1.165, 1.54) is 18.5 Å². The topological polar surface area (TPSA) is 177 Å². The molecule has 0 saturated carbocycles. The Kier molecular flexibility index (Phi) is 6.23. The molecule has 0 aliphatic rings. The molecular weight excluding hydrogens is 509 g/mol. The van der Waals surface area contributed by atoms with Crippen molar-refractivity contribution < 1.29 is 27.9 Å². The smallest absolute Gasteiger partial charge is 0.434 e. The SMILES string of the molecule is N#Cc1cc(NC(=O)c2cnn(-c3ccc(Cl)c(NC(=O)O)n3)c2C(F)(F)F)cnc1-n1nccn1. The van der Waals surface area contributed by atoms with Crippen LogP contribution in [0.3, 0.4) is 0 Å². The summed E-state index contributed by atoms with van der Waals surface area (Å²) in [6, 6.07) is 5.20. The molecule has 3 N–H and O–H groups in total. The van der Waals surface area contributed by atoms with E-state index in [0.29, 0.717) is 10.9 Å². The molecule has 4 aromatic heterocycles. The standard InChI is InChI=1S/C19H10ClF3N10O3/c20-12-1-2-13(30-15(12)31-18(35)36)32-14(19(21,22)23)11(8-28-32)17(34)29-10-5-9(6-24)16(25-7-10)33-26-3-4-27-33/h1-5,7-8H,(H,29,34)(H,30,31)(H,35,36). The number of anilines is 2. The van der Waals surface area contributed by atoms with Crippen molar-refractivity contribution in [3.63, 3.8) is 0 Å². The van der Waals surface area contributed by atoms with Gasteiger partial charge in [0.15, 0.2) is 23.1 Å². The Morgan fingerprint density at radius 1 is 1.11 bits per heavy atom. The average molecular weight is 519 g/mol. The lowest BCUT2D eigenvalue weighted by Crippen LogP contribution is -2.21. The predicted molar refractivity (Wildman–Crippen MR) is 115 cm³/mol. The molecule has 0 atom stereocenters. The molecule has 4 heterocycles. The van der Waals surface area contributed by atoms with Gasteiger partial charge in [0, 0.05) is 0 Å². The lowest BCUT2D eigenvalue weighted by atomic mass is 10.2. The summed E-state index contributed by atoms with van der Waals surface area (Å²) in [5.41, 5.74) is -2.49. The van der Waals surface area contributed by atoms with Crippen LogP contribution < -0.4 is 10.6 Å². The second-order valence-electron chi connectivity index (χ2n) is 6.73. The van der Waals surface area contributed by atoms with Crippen molar-refractivity contribution in [1.82, 2.24) is 34.7 Å². The fraction of sp³-hybridized carbons (Fsp3) is 0.0526. The van der Waals surface area contributed by atoms with Crippen molar-refractivity contribution >= 4 is 35.1 Å². The maximum atomic E-state index is 14.0. The molecule has 0 saturated heterocycles. The van der Waals surface area contributed by atoms with Crippen LogP contribution in [0.2, 0.25) is 5.02 Å². The van der Waals surface area contributed by atoms with E-state index in [2.05, 4.69) is 30.6 Å². The Hall–Kier alpha value is -5.04. The number of carbonyl (C=O) groups is 2. The van der Waals surface area contributed by atoms with Gasteiger partial charge in [-0.1, -0.05) is 11.6 Å². The minimum Gasteiger partial charge on any atom is -0.465 e. The Balaban J connectivity index is 1.70. The number of nitrogens with one attached hydrogen (secondary N) is 2. The molecule has 0 radical (unpaired) electrons. The van der Waals surface area contributed by atoms with Gasteiger partial charge in [-0.15, -0.1) is 4.80 Å². The molecule has 4 rings (SSSR count).